The number of hydrogen-bond acceptors (Lipinski definition) is 2. The third kappa shape index (κ3) is 3.34. The number of amides is 1. The number of nitrogens with one attached hydrogen (secondary N) is 1. The van der Waals surface area contributed by atoms with E-state index in [1.165, 1.54) is 0 Å². The Labute approximate surface area is 180 Å². The molecule has 5 rings (SSSR count). The molecule has 0 aliphatic carbocycles. The Morgan fingerprint density at radius 3 is 2.07 bits per heavy atom. The van der Waals surface area contributed by atoms with E-state index < -0.39 is 0 Å². The van der Waals surface area contributed by atoms with Crippen LogP contribution in [0.4, 0.5) is 11.4 Å². The van der Waals surface area contributed by atoms with E-state index in [0.29, 0.717) is 10.6 Å². The summed E-state index contributed by atoms with van der Waals surface area (Å²) in [5.74, 6) is -0.0381. The van der Waals surface area contributed by atoms with Crippen molar-refractivity contribution < 1.29 is 4.79 Å². The molecule has 0 spiro atoms. The van der Waals surface area contributed by atoms with Crippen molar-refractivity contribution >= 4 is 28.9 Å². The number of nitrogens with zero attached hydrogens (tertiary/aromatic N) is 1. The van der Waals surface area contributed by atoms with Crippen LogP contribution in [-0.4, -0.2) is 5.91 Å². The number of carbonyl (C=O) groups excluding carboxylic acids is 1. The summed E-state index contributed by atoms with van der Waals surface area (Å²) in [6.45, 7) is 0. The highest BCUT2D eigenvalue weighted by molar-refractivity contribution is 6.30. The fraction of sp³-hybridized carbons (Fsp3) is 0.0385. The maximum absolute atomic E-state index is 13.4. The van der Waals surface area contributed by atoms with E-state index in [9.17, 15) is 4.79 Å². The minimum atomic E-state index is -0.321. The van der Waals surface area contributed by atoms with Crippen LogP contribution in [-0.2, 0) is 0 Å². The fourth-order valence-corrected chi connectivity index (χ4v) is 3.97. The van der Waals surface area contributed by atoms with Gasteiger partial charge in [0.05, 0.1) is 5.56 Å². The van der Waals surface area contributed by atoms with Gasteiger partial charge in [0.15, 0.2) is 0 Å². The van der Waals surface area contributed by atoms with Gasteiger partial charge in [-0.3, -0.25) is 9.69 Å². The van der Waals surface area contributed by atoms with Gasteiger partial charge >= 0.3 is 0 Å². The van der Waals surface area contributed by atoms with Gasteiger partial charge in [-0.1, -0.05) is 78.3 Å². The maximum Gasteiger partial charge on any atom is 0.262 e. The Bertz CT molecular complexity index is 1190. The smallest absolute Gasteiger partial charge is 0.262 e. The summed E-state index contributed by atoms with van der Waals surface area (Å²) in [7, 11) is 0. The molecule has 1 N–H and O–H groups in total. The average Bonchev–Trinajstić information content (AvgIpc) is 2.81. The highest BCUT2D eigenvalue weighted by Gasteiger charge is 2.33. The number of anilines is 2. The van der Waals surface area contributed by atoms with Crippen molar-refractivity contribution in [3.05, 3.63) is 119 Å². The Hall–Kier alpha value is -3.56. The largest absolute Gasteiger partial charge is 0.360 e. The molecule has 0 bridgehead atoms. The molecule has 0 fully saturated rings. The summed E-state index contributed by atoms with van der Waals surface area (Å²) in [5, 5.41) is 4.18. The minimum Gasteiger partial charge on any atom is -0.360 e. The summed E-state index contributed by atoms with van der Waals surface area (Å²) in [5.41, 5.74) is 5.60. The molecule has 1 heterocycles. The highest BCUT2D eigenvalue weighted by Crippen LogP contribution is 2.37. The van der Waals surface area contributed by atoms with Crippen LogP contribution in [0.5, 0.6) is 0 Å². The zero-order valence-corrected chi connectivity index (χ0v) is 16.9. The molecular formula is C26H19ClN2O. The van der Waals surface area contributed by atoms with Crippen LogP contribution < -0.4 is 10.2 Å². The molecule has 1 aliphatic heterocycles. The SMILES string of the molecule is O=C1c2ccccc2NC(c2ccc(-c3ccccc3)cc2)N1c1ccc(Cl)cc1. The number of fused-ring (bicyclic) bond motifs is 1. The third-order valence-corrected chi connectivity index (χ3v) is 5.62. The van der Waals surface area contributed by atoms with Crippen molar-refractivity contribution in [1.82, 2.24) is 0 Å². The van der Waals surface area contributed by atoms with Crippen molar-refractivity contribution in [2.24, 2.45) is 0 Å². The second-order valence-corrected chi connectivity index (χ2v) is 7.67. The van der Waals surface area contributed by atoms with Gasteiger partial charge in [-0.2, -0.15) is 0 Å². The summed E-state index contributed by atoms with van der Waals surface area (Å²) < 4.78 is 0. The Morgan fingerprint density at radius 1 is 0.700 bits per heavy atom. The lowest BCUT2D eigenvalue weighted by Gasteiger charge is -2.38. The van der Waals surface area contributed by atoms with E-state index in [2.05, 4.69) is 41.7 Å². The van der Waals surface area contributed by atoms with Crippen LogP contribution in [0.15, 0.2) is 103 Å². The van der Waals surface area contributed by atoms with Gasteiger partial charge in [-0.05, 0) is 53.1 Å². The summed E-state index contributed by atoms with van der Waals surface area (Å²) in [4.78, 5) is 15.2. The van der Waals surface area contributed by atoms with Crippen LogP contribution >= 0.6 is 11.6 Å². The van der Waals surface area contributed by atoms with E-state index in [-0.39, 0.29) is 12.1 Å². The van der Waals surface area contributed by atoms with Crippen LogP contribution in [0.3, 0.4) is 0 Å². The lowest BCUT2D eigenvalue weighted by atomic mass is 9.99. The van der Waals surface area contributed by atoms with Gasteiger partial charge in [0.25, 0.3) is 5.91 Å². The molecule has 4 aromatic carbocycles. The normalized spacial score (nSPS) is 15.4. The molecule has 0 radical (unpaired) electrons. The number of carbonyl (C=O) groups is 1. The van der Waals surface area contributed by atoms with E-state index in [1.807, 2.05) is 54.6 Å². The van der Waals surface area contributed by atoms with E-state index in [0.717, 1.165) is 28.1 Å². The second kappa shape index (κ2) is 7.69. The molecule has 1 amide bonds. The quantitative estimate of drug-likeness (QED) is 0.403. The zero-order chi connectivity index (χ0) is 20.5. The van der Waals surface area contributed by atoms with E-state index in [4.69, 9.17) is 11.6 Å². The number of rotatable bonds is 3. The second-order valence-electron chi connectivity index (χ2n) is 7.23. The number of para-hydroxylation sites is 1. The molecule has 30 heavy (non-hydrogen) atoms. The highest BCUT2D eigenvalue weighted by atomic mass is 35.5. The van der Waals surface area contributed by atoms with Gasteiger partial charge in [0, 0.05) is 16.4 Å². The molecule has 4 aromatic rings. The summed E-state index contributed by atoms with van der Waals surface area (Å²) in [6, 6.07) is 33.6. The standard InChI is InChI=1S/C26H19ClN2O/c27-21-14-16-22(17-15-21)29-25(28-24-9-5-4-8-23(24)26(29)30)20-12-10-19(11-13-20)18-6-2-1-3-7-18/h1-17,25,28H. The van der Waals surface area contributed by atoms with Crippen molar-refractivity contribution in [2.45, 2.75) is 6.17 Å². The summed E-state index contributed by atoms with van der Waals surface area (Å²) in [6.07, 6.45) is -0.321. The lowest BCUT2D eigenvalue weighted by Crippen LogP contribution is -2.43. The first-order chi connectivity index (χ1) is 14.7. The number of halogens is 1. The van der Waals surface area contributed by atoms with Crippen LogP contribution in [0.25, 0.3) is 11.1 Å². The molecule has 0 saturated carbocycles. The number of hydrogen-bond donors (Lipinski definition) is 1. The molecule has 4 heteroatoms. The van der Waals surface area contributed by atoms with Crippen LogP contribution in [0, 0.1) is 0 Å². The predicted octanol–water partition coefficient (Wildman–Crippen LogP) is 6.78. The monoisotopic (exact) mass is 410 g/mol. The van der Waals surface area contributed by atoms with Crippen LogP contribution in [0.2, 0.25) is 5.02 Å². The lowest BCUT2D eigenvalue weighted by molar-refractivity contribution is 0.0975. The minimum absolute atomic E-state index is 0.0381. The van der Waals surface area contributed by atoms with Crippen LogP contribution in [0.1, 0.15) is 22.1 Å². The summed E-state index contributed by atoms with van der Waals surface area (Å²) >= 11 is 6.08. The van der Waals surface area contributed by atoms with Crippen molar-refractivity contribution in [3.63, 3.8) is 0 Å². The average molecular weight is 411 g/mol. The predicted molar refractivity (Wildman–Crippen MR) is 123 cm³/mol. The maximum atomic E-state index is 13.4. The zero-order valence-electron chi connectivity index (χ0n) is 16.1. The Balaban J connectivity index is 1.57. The number of benzene rings is 4. The molecule has 1 atom stereocenters. The van der Waals surface area contributed by atoms with Gasteiger partial charge in [-0.15, -0.1) is 0 Å². The third-order valence-electron chi connectivity index (χ3n) is 5.37. The molecule has 0 aromatic heterocycles. The first-order valence-electron chi connectivity index (χ1n) is 9.81. The first-order valence-corrected chi connectivity index (χ1v) is 10.2. The Kier molecular flexibility index (Phi) is 4.74. The van der Waals surface area contributed by atoms with Gasteiger partial charge in [-0.25, -0.2) is 0 Å². The molecular weight excluding hydrogens is 392 g/mol. The Morgan fingerprint density at radius 2 is 1.33 bits per heavy atom. The van der Waals surface area contributed by atoms with Crippen molar-refractivity contribution in [3.8, 4) is 11.1 Å². The van der Waals surface area contributed by atoms with Gasteiger partial charge in [0.2, 0.25) is 0 Å². The first kappa shape index (κ1) is 18.5. The van der Waals surface area contributed by atoms with Gasteiger partial charge in [0.1, 0.15) is 6.17 Å². The van der Waals surface area contributed by atoms with Crippen molar-refractivity contribution in [2.75, 3.05) is 10.2 Å². The van der Waals surface area contributed by atoms with Crippen molar-refractivity contribution in [1.29, 1.82) is 0 Å². The van der Waals surface area contributed by atoms with Gasteiger partial charge < -0.3 is 5.32 Å². The molecule has 1 aliphatic rings. The fourth-order valence-electron chi connectivity index (χ4n) is 3.84. The molecule has 146 valence electrons. The van der Waals surface area contributed by atoms with E-state index >= 15 is 0 Å². The molecule has 3 nitrogen and oxygen atoms in total. The molecule has 0 saturated heterocycles. The topological polar surface area (TPSA) is 32.3 Å². The van der Waals surface area contributed by atoms with E-state index in [1.54, 1.807) is 17.0 Å². The molecule has 1 unspecified atom stereocenters.